The van der Waals surface area contributed by atoms with Crippen LogP contribution in [-0.2, 0) is 17.8 Å². The van der Waals surface area contributed by atoms with Crippen LogP contribution in [0.5, 0.6) is 0 Å². The number of nitrogens with two attached hydrogens (primary N) is 1. The first-order chi connectivity index (χ1) is 7.74. The van der Waals surface area contributed by atoms with Crippen LogP contribution in [0.2, 0.25) is 0 Å². The zero-order valence-corrected chi connectivity index (χ0v) is 9.03. The fourth-order valence-corrected chi connectivity index (χ4v) is 1.64. The Morgan fingerprint density at radius 3 is 3.12 bits per heavy atom. The summed E-state index contributed by atoms with van der Waals surface area (Å²) in [4.78, 5) is 19.2. The molecule has 0 aliphatic carbocycles. The van der Waals surface area contributed by atoms with E-state index in [1.165, 1.54) is 17.7 Å². The number of anilines is 1. The second-order valence-electron chi connectivity index (χ2n) is 2.98. The van der Waals surface area contributed by atoms with Crippen molar-refractivity contribution in [2.75, 3.05) is 5.73 Å². The van der Waals surface area contributed by atoms with Gasteiger partial charge in [-0.25, -0.2) is 4.98 Å². The number of rotatable bonds is 4. The summed E-state index contributed by atoms with van der Waals surface area (Å²) in [6.07, 6.45) is 1.41. The van der Waals surface area contributed by atoms with Crippen molar-refractivity contribution < 1.29 is 9.32 Å². The monoisotopic (exact) mass is 239 g/mol. The minimum absolute atomic E-state index is 0.157. The number of hydrogen-bond donors (Lipinski definition) is 2. The van der Waals surface area contributed by atoms with Gasteiger partial charge in [0.25, 0.3) is 0 Å². The first-order valence-corrected chi connectivity index (χ1v) is 5.34. The highest BCUT2D eigenvalue weighted by atomic mass is 32.1. The Bertz CT molecular complexity index is 466. The van der Waals surface area contributed by atoms with E-state index in [2.05, 4.69) is 25.0 Å². The van der Waals surface area contributed by atoms with Gasteiger partial charge in [0.05, 0.1) is 18.7 Å². The van der Waals surface area contributed by atoms with Crippen LogP contribution in [0.4, 0.5) is 5.13 Å². The Morgan fingerprint density at radius 1 is 1.62 bits per heavy atom. The molecule has 0 bridgehead atoms. The van der Waals surface area contributed by atoms with Crippen molar-refractivity contribution in [3.63, 3.8) is 0 Å². The van der Waals surface area contributed by atoms with E-state index in [0.717, 1.165) is 0 Å². The van der Waals surface area contributed by atoms with E-state index in [1.807, 2.05) is 0 Å². The van der Waals surface area contributed by atoms with Gasteiger partial charge in [0.2, 0.25) is 12.3 Å². The van der Waals surface area contributed by atoms with Crippen LogP contribution in [0.15, 0.2) is 16.3 Å². The van der Waals surface area contributed by atoms with Crippen molar-refractivity contribution in [2.45, 2.75) is 13.0 Å². The molecule has 0 aromatic carbocycles. The molecule has 0 unspecified atom stereocenters. The van der Waals surface area contributed by atoms with Gasteiger partial charge >= 0.3 is 0 Å². The standard InChI is InChI=1S/C8H9N5O2S/c9-8-12-5(3-16-8)1-7(14)10-2-6-11-4-15-13-6/h3-4H,1-2H2,(H2,9,12)(H,10,14). The van der Waals surface area contributed by atoms with Gasteiger partial charge in [0.15, 0.2) is 11.0 Å². The summed E-state index contributed by atoms with van der Waals surface area (Å²) in [5.41, 5.74) is 6.11. The fraction of sp³-hybridized carbons (Fsp3) is 0.250. The highest BCUT2D eigenvalue weighted by Crippen LogP contribution is 2.11. The molecule has 0 saturated heterocycles. The molecule has 8 heteroatoms. The average Bonchev–Trinajstić information content (AvgIpc) is 2.87. The van der Waals surface area contributed by atoms with E-state index in [9.17, 15) is 4.79 Å². The maximum absolute atomic E-state index is 11.4. The van der Waals surface area contributed by atoms with Gasteiger partial charge in [-0.05, 0) is 0 Å². The van der Waals surface area contributed by atoms with Crippen LogP contribution >= 0.6 is 11.3 Å². The largest absolute Gasteiger partial charge is 0.375 e. The Balaban J connectivity index is 1.81. The van der Waals surface area contributed by atoms with Crippen LogP contribution in [-0.4, -0.2) is 21.0 Å². The maximum atomic E-state index is 11.4. The fourth-order valence-electron chi connectivity index (χ4n) is 1.08. The summed E-state index contributed by atoms with van der Waals surface area (Å²) in [5, 5.41) is 8.42. The lowest BCUT2D eigenvalue weighted by Crippen LogP contribution is -2.25. The lowest BCUT2D eigenvalue weighted by molar-refractivity contribution is -0.120. The minimum atomic E-state index is -0.157. The van der Waals surface area contributed by atoms with Crippen molar-refractivity contribution in [3.8, 4) is 0 Å². The molecule has 1 amide bonds. The minimum Gasteiger partial charge on any atom is -0.375 e. The van der Waals surface area contributed by atoms with E-state index in [4.69, 9.17) is 5.73 Å². The van der Waals surface area contributed by atoms with Crippen LogP contribution < -0.4 is 11.1 Å². The van der Waals surface area contributed by atoms with Gasteiger partial charge in [-0.2, -0.15) is 4.98 Å². The molecular formula is C8H9N5O2S. The van der Waals surface area contributed by atoms with Crippen molar-refractivity contribution in [2.24, 2.45) is 0 Å². The molecule has 3 N–H and O–H groups in total. The number of aromatic nitrogens is 3. The van der Waals surface area contributed by atoms with Crippen LogP contribution in [0.3, 0.4) is 0 Å². The maximum Gasteiger partial charge on any atom is 0.226 e. The first-order valence-electron chi connectivity index (χ1n) is 4.46. The van der Waals surface area contributed by atoms with Gasteiger partial charge in [-0.15, -0.1) is 11.3 Å². The highest BCUT2D eigenvalue weighted by Gasteiger charge is 2.07. The van der Waals surface area contributed by atoms with Gasteiger partial charge in [-0.3, -0.25) is 4.79 Å². The summed E-state index contributed by atoms with van der Waals surface area (Å²) < 4.78 is 4.53. The summed E-state index contributed by atoms with van der Waals surface area (Å²) in [5.74, 6) is 0.279. The highest BCUT2D eigenvalue weighted by molar-refractivity contribution is 7.13. The first kappa shape index (κ1) is 10.6. The summed E-state index contributed by atoms with van der Waals surface area (Å²) in [7, 11) is 0. The summed E-state index contributed by atoms with van der Waals surface area (Å²) in [6.45, 7) is 0.245. The lowest BCUT2D eigenvalue weighted by Gasteiger charge is -1.99. The molecule has 0 saturated carbocycles. The molecule has 84 valence electrons. The molecule has 0 radical (unpaired) electrons. The van der Waals surface area contributed by atoms with E-state index in [0.29, 0.717) is 16.6 Å². The number of nitrogen functional groups attached to an aromatic ring is 1. The van der Waals surface area contributed by atoms with E-state index >= 15 is 0 Å². The lowest BCUT2D eigenvalue weighted by atomic mass is 10.3. The Labute approximate surface area is 94.7 Å². The molecule has 2 aromatic heterocycles. The van der Waals surface area contributed by atoms with Crippen molar-refractivity contribution in [1.29, 1.82) is 0 Å². The van der Waals surface area contributed by atoms with Crippen molar-refractivity contribution in [1.82, 2.24) is 20.4 Å². The molecule has 2 rings (SSSR count). The van der Waals surface area contributed by atoms with Gasteiger partial charge < -0.3 is 15.6 Å². The molecule has 16 heavy (non-hydrogen) atoms. The van der Waals surface area contributed by atoms with Gasteiger partial charge in [0.1, 0.15) is 0 Å². The molecule has 0 spiro atoms. The average molecular weight is 239 g/mol. The Hall–Kier alpha value is -1.96. The quantitative estimate of drug-likeness (QED) is 0.775. The summed E-state index contributed by atoms with van der Waals surface area (Å²) >= 11 is 1.31. The molecule has 2 heterocycles. The molecule has 0 atom stereocenters. The molecule has 0 fully saturated rings. The number of thiazole rings is 1. The van der Waals surface area contributed by atoms with E-state index in [-0.39, 0.29) is 18.9 Å². The number of carbonyl (C=O) groups is 1. The number of amides is 1. The van der Waals surface area contributed by atoms with Crippen molar-refractivity contribution >= 4 is 22.4 Å². The predicted molar refractivity (Wildman–Crippen MR) is 56.4 cm³/mol. The summed E-state index contributed by atoms with van der Waals surface area (Å²) in [6, 6.07) is 0. The topological polar surface area (TPSA) is 107 Å². The number of nitrogens with one attached hydrogen (secondary N) is 1. The van der Waals surface area contributed by atoms with E-state index < -0.39 is 0 Å². The second-order valence-corrected chi connectivity index (χ2v) is 3.87. The normalized spacial score (nSPS) is 10.2. The predicted octanol–water partition coefficient (Wildman–Crippen LogP) is -0.0328. The Kier molecular flexibility index (Phi) is 3.10. The number of nitrogens with zero attached hydrogens (tertiary/aromatic N) is 3. The van der Waals surface area contributed by atoms with Crippen molar-refractivity contribution in [3.05, 3.63) is 23.3 Å². The zero-order chi connectivity index (χ0) is 11.4. The third-order valence-electron chi connectivity index (χ3n) is 1.76. The second kappa shape index (κ2) is 4.71. The molecule has 0 aliphatic rings. The molecule has 2 aromatic rings. The third kappa shape index (κ3) is 2.76. The van der Waals surface area contributed by atoms with E-state index in [1.54, 1.807) is 5.38 Å². The smallest absolute Gasteiger partial charge is 0.226 e. The molecule has 7 nitrogen and oxygen atoms in total. The zero-order valence-electron chi connectivity index (χ0n) is 8.21. The number of carbonyl (C=O) groups excluding carboxylic acids is 1. The Morgan fingerprint density at radius 2 is 2.50 bits per heavy atom. The molecule has 0 aliphatic heterocycles. The molecular weight excluding hydrogens is 230 g/mol. The van der Waals surface area contributed by atoms with Gasteiger partial charge in [-0.1, -0.05) is 5.16 Å². The van der Waals surface area contributed by atoms with Crippen LogP contribution in [0, 0.1) is 0 Å². The van der Waals surface area contributed by atoms with Crippen LogP contribution in [0.1, 0.15) is 11.5 Å². The SMILES string of the molecule is Nc1nc(CC(=O)NCc2ncon2)cs1. The third-order valence-corrected chi connectivity index (χ3v) is 2.48. The van der Waals surface area contributed by atoms with Gasteiger partial charge in [0, 0.05) is 5.38 Å². The van der Waals surface area contributed by atoms with Crippen LogP contribution in [0.25, 0.3) is 0 Å². The number of hydrogen-bond acceptors (Lipinski definition) is 7.